The molecule has 1 aromatic carbocycles. The van der Waals surface area contributed by atoms with Gasteiger partial charge in [0.1, 0.15) is 6.04 Å². The predicted octanol–water partition coefficient (Wildman–Crippen LogP) is -10.8. The summed E-state index contributed by atoms with van der Waals surface area (Å²) in [6.45, 7) is -1.19. The molecule has 0 radical (unpaired) electrons. The molecule has 0 amide bonds. The Morgan fingerprint density at radius 2 is 1.31 bits per heavy atom. The molecule has 23 nitrogen and oxygen atoms in total. The van der Waals surface area contributed by atoms with Crippen LogP contribution in [0, 0.1) is 0 Å². The number of piperidine rings is 1. The number of phenolic OH excluding ortho intramolecular Hbond substituents is 2. The topological polar surface area (TPSA) is 429 Å². The van der Waals surface area contributed by atoms with Crippen molar-refractivity contribution in [3.8, 4) is 23.0 Å². The highest BCUT2D eigenvalue weighted by atomic mass is 16.8. The lowest BCUT2D eigenvalue weighted by Crippen LogP contribution is -2.93. The second-order valence-corrected chi connectivity index (χ2v) is 9.61. The number of ketones is 1. The molecule has 20 N–H and O–H groups in total. The number of hydrogen-bond acceptors (Lipinski definition) is 23. The molecule has 1 aromatic rings. The summed E-state index contributed by atoms with van der Waals surface area (Å²) in [7, 11) is 0.766. The van der Waals surface area contributed by atoms with Crippen LogP contribution in [0.1, 0.15) is 17.2 Å². The third-order valence-electron chi connectivity index (χ3n) is 7.06. The largest absolute Gasteiger partial charge is 0.504 e. The Morgan fingerprint density at radius 3 is 1.71 bits per heavy atom. The lowest BCUT2D eigenvalue weighted by Gasteiger charge is -2.62. The van der Waals surface area contributed by atoms with Gasteiger partial charge < -0.3 is 101 Å². The van der Waals surface area contributed by atoms with Crippen LogP contribution in [0.25, 0.3) is 0 Å². The van der Waals surface area contributed by atoms with Crippen molar-refractivity contribution in [1.82, 2.24) is 4.90 Å². The molecule has 0 aliphatic carbocycles. The van der Waals surface area contributed by atoms with Crippen molar-refractivity contribution in [2.75, 3.05) is 13.7 Å². The van der Waals surface area contributed by atoms with Crippen molar-refractivity contribution >= 4 is 5.78 Å². The van der Waals surface area contributed by atoms with Crippen LogP contribution in [-0.2, 0) is 11.2 Å². The van der Waals surface area contributed by atoms with Gasteiger partial charge in [0, 0.05) is 17.7 Å². The molecule has 0 bridgehead atoms. The van der Waals surface area contributed by atoms with E-state index in [4.69, 9.17) is 10.5 Å². The Kier molecular flexibility index (Phi) is 7.41. The minimum absolute atomic E-state index is 0.260. The molecule has 1 saturated heterocycles. The molecule has 42 heavy (non-hydrogen) atoms. The second kappa shape index (κ2) is 9.19. The molecule has 2 aliphatic heterocycles. The number of phenols is 2. The van der Waals surface area contributed by atoms with Crippen molar-refractivity contribution in [2.45, 2.75) is 59.2 Å². The zero-order chi connectivity index (χ0) is 33.0. The second-order valence-electron chi connectivity index (χ2n) is 9.61. The quantitative estimate of drug-likeness (QED) is 0.0993. The summed E-state index contributed by atoms with van der Waals surface area (Å²) in [4.78, 5) is 13.0. The molecule has 2 unspecified atom stereocenters. The molecule has 3 rings (SSSR count). The lowest BCUT2D eigenvalue weighted by atomic mass is 9.65. The van der Waals surface area contributed by atoms with Crippen molar-refractivity contribution in [3.05, 3.63) is 11.1 Å². The van der Waals surface area contributed by atoms with Gasteiger partial charge in [0.25, 0.3) is 22.9 Å². The van der Waals surface area contributed by atoms with Crippen LogP contribution in [-0.4, -0.2) is 163 Å². The Bertz CT molecular complexity index is 1260. The van der Waals surface area contributed by atoms with Gasteiger partial charge in [-0.3, -0.25) is 4.79 Å². The van der Waals surface area contributed by atoms with E-state index in [9.17, 15) is 96.7 Å². The van der Waals surface area contributed by atoms with E-state index in [1.165, 1.54) is 0 Å². The molecule has 0 aromatic heterocycles. The standard InChI is InChI=1S/C19H28N2O21/c1-41-8-7(23)5-4(6(22)9(8)42-19(20,39)40)2-3-21-10(5)12(25,26)11(24)13(27,16(21,31)32)15(29,30)14(28,17(33,34)35)18(36,37)38/h10,22-23,25-40H,2-3,20H2,1H3. The molecule has 240 valence electrons. The number of hydrogen-bond donors (Lipinski definition) is 19. The maximum absolute atomic E-state index is 13.3. The van der Waals surface area contributed by atoms with E-state index < -0.39 is 106 Å². The molecule has 0 spiro atoms. The van der Waals surface area contributed by atoms with E-state index in [0.717, 1.165) is 7.11 Å². The fraction of sp³-hybridized carbons (Fsp3) is 0.632. The van der Waals surface area contributed by atoms with Crippen LogP contribution in [0.3, 0.4) is 0 Å². The number of aromatic hydroxyl groups is 2. The zero-order valence-electron chi connectivity index (χ0n) is 20.8. The number of methoxy groups -OCH3 is 1. The van der Waals surface area contributed by atoms with Gasteiger partial charge >= 0.3 is 18.0 Å². The van der Waals surface area contributed by atoms with Crippen LogP contribution in [0.2, 0.25) is 0 Å². The maximum atomic E-state index is 13.3. The molecule has 1 fully saturated rings. The number of ether oxygens (including phenoxy) is 2. The predicted molar refractivity (Wildman–Crippen MR) is 117 cm³/mol. The monoisotopic (exact) mass is 620 g/mol. The van der Waals surface area contributed by atoms with Crippen molar-refractivity contribution in [2.24, 2.45) is 5.73 Å². The van der Waals surface area contributed by atoms with Gasteiger partial charge in [-0.05, 0) is 6.42 Å². The van der Waals surface area contributed by atoms with Gasteiger partial charge in [0.15, 0.2) is 11.5 Å². The van der Waals surface area contributed by atoms with Crippen molar-refractivity contribution < 1.29 is 106 Å². The Labute approximate surface area is 230 Å². The van der Waals surface area contributed by atoms with Gasteiger partial charge in [-0.15, -0.1) is 0 Å². The van der Waals surface area contributed by atoms with Crippen LogP contribution in [0.5, 0.6) is 23.0 Å². The number of nitrogens with zero attached hydrogens (tertiary/aromatic N) is 1. The summed E-state index contributed by atoms with van der Waals surface area (Å²) in [6, 6.07) is -2.85. The molecule has 2 aliphatic rings. The van der Waals surface area contributed by atoms with Gasteiger partial charge in [0.05, 0.1) is 7.11 Å². The zero-order valence-corrected chi connectivity index (χ0v) is 20.8. The first-order valence-electron chi connectivity index (χ1n) is 11.0. The van der Waals surface area contributed by atoms with E-state index >= 15 is 0 Å². The van der Waals surface area contributed by atoms with Gasteiger partial charge in [0.2, 0.25) is 23.1 Å². The van der Waals surface area contributed by atoms with E-state index in [0.29, 0.717) is 0 Å². The van der Waals surface area contributed by atoms with Gasteiger partial charge in [-0.2, -0.15) is 0 Å². The highest BCUT2D eigenvalue weighted by molar-refractivity contribution is 5.97. The first-order chi connectivity index (χ1) is 18.5. The summed E-state index contributed by atoms with van der Waals surface area (Å²) in [5, 5.41) is 183. The lowest BCUT2D eigenvalue weighted by molar-refractivity contribution is -0.567. The summed E-state index contributed by atoms with van der Waals surface area (Å²) in [5.41, 5.74) is -7.89. The number of aliphatic hydroxyl groups is 16. The average Bonchev–Trinajstić information content (AvgIpc) is 2.81. The summed E-state index contributed by atoms with van der Waals surface area (Å²) < 4.78 is 9.28. The third-order valence-corrected chi connectivity index (χ3v) is 7.06. The summed E-state index contributed by atoms with van der Waals surface area (Å²) in [5.74, 6) is -33.7. The fourth-order valence-electron chi connectivity index (χ4n) is 5.10. The van der Waals surface area contributed by atoms with Crippen LogP contribution in [0.4, 0.5) is 0 Å². The minimum Gasteiger partial charge on any atom is -0.504 e. The molecule has 0 saturated carbocycles. The summed E-state index contributed by atoms with van der Waals surface area (Å²) >= 11 is 0. The fourth-order valence-corrected chi connectivity index (χ4v) is 5.10. The maximum Gasteiger partial charge on any atom is 0.389 e. The number of benzene rings is 1. The number of Topliss-reactive ketones (excluding diaryl/α,β-unsaturated/α-hetero) is 1. The normalized spacial score (nSPS) is 25.1. The Balaban J connectivity index is 2.39. The third kappa shape index (κ3) is 4.06. The van der Waals surface area contributed by atoms with E-state index in [-0.39, 0.29) is 4.90 Å². The smallest absolute Gasteiger partial charge is 0.389 e. The Hall–Kier alpha value is -2.63. The number of fused-ring (bicyclic) bond motifs is 3. The van der Waals surface area contributed by atoms with Crippen molar-refractivity contribution in [1.29, 1.82) is 0 Å². The Morgan fingerprint density at radius 1 is 0.833 bits per heavy atom. The number of rotatable bonds is 7. The van der Waals surface area contributed by atoms with Crippen LogP contribution in [0.15, 0.2) is 0 Å². The average molecular weight is 620 g/mol. The van der Waals surface area contributed by atoms with E-state index in [2.05, 4.69) is 4.74 Å². The van der Waals surface area contributed by atoms with Gasteiger partial charge in [-0.25, -0.2) is 10.6 Å². The highest BCUT2D eigenvalue weighted by Crippen LogP contribution is 2.60. The molecule has 2 atom stereocenters. The SMILES string of the molecule is COc1c(O)c2c(c(O)c1OC(N)(O)O)CCN1C2C(O)(O)C(=O)C(O)(C(O)(O)C(O)(C(O)(O)O)C(O)(O)O)C1(O)O. The molecular weight excluding hydrogens is 592 g/mol. The van der Waals surface area contributed by atoms with Crippen LogP contribution < -0.4 is 15.2 Å². The van der Waals surface area contributed by atoms with Crippen molar-refractivity contribution in [3.63, 3.8) is 0 Å². The molecule has 2 heterocycles. The highest BCUT2D eigenvalue weighted by Gasteiger charge is 2.88. The number of nitrogens with two attached hydrogens (primary N) is 1. The summed E-state index contributed by atoms with van der Waals surface area (Å²) in [6.07, 6.45) is -4.40. The number of carbonyl (C=O) groups excluding carboxylic acids is 1. The molecule has 23 heteroatoms. The number of carbonyl (C=O) groups is 1. The first-order valence-corrected chi connectivity index (χ1v) is 11.0. The van der Waals surface area contributed by atoms with Gasteiger partial charge in [-0.1, -0.05) is 0 Å². The molecular formula is C19H28N2O21. The van der Waals surface area contributed by atoms with E-state index in [1.807, 2.05) is 0 Å². The first kappa shape index (κ1) is 33.9. The minimum atomic E-state index is -5.73. The van der Waals surface area contributed by atoms with Crippen LogP contribution >= 0.6 is 0 Å². The van der Waals surface area contributed by atoms with E-state index in [1.54, 1.807) is 0 Å².